The number of hydrogen-bond acceptors (Lipinski definition) is 1. The summed E-state index contributed by atoms with van der Waals surface area (Å²) in [6.45, 7) is 0. The Labute approximate surface area is 197 Å². The lowest BCUT2D eigenvalue weighted by Gasteiger charge is -2.12. The van der Waals surface area contributed by atoms with Gasteiger partial charge >= 0.3 is 0 Å². The van der Waals surface area contributed by atoms with Crippen molar-refractivity contribution in [3.63, 3.8) is 0 Å². The van der Waals surface area contributed by atoms with Crippen LogP contribution >= 0.6 is 0 Å². The third-order valence-corrected chi connectivity index (χ3v) is 6.86. The molecule has 7 aromatic rings. The average Bonchev–Trinajstić information content (AvgIpc) is 2.93. The number of nitrogens with zero attached hydrogens (tertiary/aromatic N) is 1. The highest BCUT2D eigenvalue weighted by Crippen LogP contribution is 2.37. The molecule has 0 aliphatic carbocycles. The van der Waals surface area contributed by atoms with Crippen molar-refractivity contribution in [3.05, 3.63) is 128 Å². The van der Waals surface area contributed by atoms with Gasteiger partial charge in [0.25, 0.3) is 0 Å². The number of fused-ring (bicyclic) bond motifs is 7. The SMILES string of the molecule is c1cc(-c2cnc3ccccc3c2)cc(-c2ccc3c4ccccc4c4ccccc4c3c2)c1. The second-order valence-electron chi connectivity index (χ2n) is 8.85. The lowest BCUT2D eigenvalue weighted by atomic mass is 9.91. The highest BCUT2D eigenvalue weighted by atomic mass is 14.6. The van der Waals surface area contributed by atoms with Crippen LogP contribution in [0.2, 0.25) is 0 Å². The Morgan fingerprint density at radius 1 is 0.353 bits per heavy atom. The fourth-order valence-electron chi connectivity index (χ4n) is 5.19. The Bertz CT molecular complexity index is 1830. The van der Waals surface area contributed by atoms with Crippen molar-refractivity contribution in [2.75, 3.05) is 0 Å². The summed E-state index contributed by atoms with van der Waals surface area (Å²) in [5.41, 5.74) is 5.78. The first-order chi connectivity index (χ1) is 16.8. The van der Waals surface area contributed by atoms with Crippen molar-refractivity contribution in [1.82, 2.24) is 4.98 Å². The summed E-state index contributed by atoms with van der Waals surface area (Å²) in [4.78, 5) is 4.66. The zero-order valence-corrected chi connectivity index (χ0v) is 18.6. The topological polar surface area (TPSA) is 12.9 Å². The lowest BCUT2D eigenvalue weighted by Crippen LogP contribution is -1.86. The van der Waals surface area contributed by atoms with E-state index in [0.29, 0.717) is 0 Å². The highest BCUT2D eigenvalue weighted by Gasteiger charge is 2.10. The fraction of sp³-hybridized carbons (Fsp3) is 0. The largest absolute Gasteiger partial charge is 0.256 e. The fourth-order valence-corrected chi connectivity index (χ4v) is 5.19. The van der Waals surface area contributed by atoms with E-state index in [0.717, 1.165) is 16.5 Å². The third-order valence-electron chi connectivity index (χ3n) is 6.86. The summed E-state index contributed by atoms with van der Waals surface area (Å²) >= 11 is 0. The number of pyridine rings is 1. The maximum absolute atomic E-state index is 4.66. The molecule has 0 amide bonds. The van der Waals surface area contributed by atoms with Gasteiger partial charge in [0.05, 0.1) is 5.52 Å². The maximum Gasteiger partial charge on any atom is 0.0702 e. The van der Waals surface area contributed by atoms with Crippen LogP contribution in [0.15, 0.2) is 128 Å². The van der Waals surface area contributed by atoms with Crippen molar-refractivity contribution in [2.45, 2.75) is 0 Å². The molecule has 0 aliphatic rings. The monoisotopic (exact) mass is 431 g/mol. The van der Waals surface area contributed by atoms with Gasteiger partial charge in [0.2, 0.25) is 0 Å². The summed E-state index contributed by atoms with van der Waals surface area (Å²) in [6, 6.07) is 43.6. The van der Waals surface area contributed by atoms with Crippen LogP contribution in [0.25, 0.3) is 65.5 Å². The van der Waals surface area contributed by atoms with Crippen molar-refractivity contribution >= 4 is 43.2 Å². The van der Waals surface area contributed by atoms with Crippen LogP contribution in [0.3, 0.4) is 0 Å². The van der Waals surface area contributed by atoms with Crippen LogP contribution in [0.5, 0.6) is 0 Å². The first kappa shape index (κ1) is 19.0. The molecule has 0 bridgehead atoms. The normalized spacial score (nSPS) is 11.5. The molecule has 0 unspecified atom stereocenters. The molecule has 1 heteroatoms. The van der Waals surface area contributed by atoms with Gasteiger partial charge in [0.1, 0.15) is 0 Å². The average molecular weight is 432 g/mol. The van der Waals surface area contributed by atoms with Crippen molar-refractivity contribution in [3.8, 4) is 22.3 Å². The van der Waals surface area contributed by atoms with Crippen LogP contribution < -0.4 is 0 Å². The number of benzene rings is 6. The van der Waals surface area contributed by atoms with Crippen molar-refractivity contribution in [1.29, 1.82) is 0 Å². The summed E-state index contributed by atoms with van der Waals surface area (Å²) < 4.78 is 0. The minimum atomic E-state index is 1.02. The van der Waals surface area contributed by atoms with E-state index in [1.54, 1.807) is 0 Å². The van der Waals surface area contributed by atoms with Gasteiger partial charge in [0, 0.05) is 17.1 Å². The molecule has 0 saturated carbocycles. The molecular weight excluding hydrogens is 410 g/mol. The van der Waals surface area contributed by atoms with E-state index in [-0.39, 0.29) is 0 Å². The van der Waals surface area contributed by atoms with Crippen molar-refractivity contribution in [2.24, 2.45) is 0 Å². The molecular formula is C33H21N. The molecule has 1 heterocycles. The molecule has 1 nitrogen and oxygen atoms in total. The molecule has 158 valence electrons. The van der Waals surface area contributed by atoms with E-state index in [1.807, 2.05) is 12.3 Å². The van der Waals surface area contributed by atoms with Crippen LogP contribution in [-0.4, -0.2) is 4.98 Å². The zero-order valence-electron chi connectivity index (χ0n) is 18.6. The van der Waals surface area contributed by atoms with Gasteiger partial charge in [-0.2, -0.15) is 0 Å². The molecule has 0 spiro atoms. The standard InChI is InChI=1S/C33H21N/c1-6-15-33-25(8-1)19-26(21-34-33)23-10-7-9-22(18-23)24-16-17-31-29-13-3-2-11-27(29)28-12-4-5-14-30(28)32(31)20-24/h1-21H. The smallest absolute Gasteiger partial charge is 0.0702 e. The number of rotatable bonds is 2. The molecule has 0 N–H and O–H groups in total. The van der Waals surface area contributed by atoms with E-state index in [9.17, 15) is 0 Å². The molecule has 6 aromatic carbocycles. The van der Waals surface area contributed by atoms with Gasteiger partial charge in [-0.3, -0.25) is 4.98 Å². The third kappa shape index (κ3) is 2.98. The minimum absolute atomic E-state index is 1.02. The first-order valence-corrected chi connectivity index (χ1v) is 11.6. The van der Waals surface area contributed by atoms with E-state index < -0.39 is 0 Å². The van der Waals surface area contributed by atoms with Crippen LogP contribution in [0, 0.1) is 0 Å². The highest BCUT2D eigenvalue weighted by molar-refractivity contribution is 6.25. The van der Waals surface area contributed by atoms with Crippen LogP contribution in [0.4, 0.5) is 0 Å². The Morgan fingerprint density at radius 3 is 1.65 bits per heavy atom. The van der Waals surface area contributed by atoms with Crippen molar-refractivity contribution < 1.29 is 0 Å². The Morgan fingerprint density at radius 2 is 0.912 bits per heavy atom. The van der Waals surface area contributed by atoms with Crippen LogP contribution in [-0.2, 0) is 0 Å². The van der Waals surface area contributed by atoms with E-state index >= 15 is 0 Å². The molecule has 1 aromatic heterocycles. The Kier molecular flexibility index (Phi) is 4.22. The predicted molar refractivity (Wildman–Crippen MR) is 145 cm³/mol. The van der Waals surface area contributed by atoms with Gasteiger partial charge in [-0.25, -0.2) is 0 Å². The van der Waals surface area contributed by atoms with E-state index in [4.69, 9.17) is 0 Å². The quantitative estimate of drug-likeness (QED) is 0.249. The zero-order chi connectivity index (χ0) is 22.5. The van der Waals surface area contributed by atoms with Gasteiger partial charge in [-0.05, 0) is 73.3 Å². The number of para-hydroxylation sites is 1. The van der Waals surface area contributed by atoms with Gasteiger partial charge in [-0.1, -0.05) is 97.1 Å². The molecule has 0 radical (unpaired) electrons. The molecule has 0 saturated heterocycles. The summed E-state index contributed by atoms with van der Waals surface area (Å²) in [6.07, 6.45) is 1.97. The van der Waals surface area contributed by atoms with Crippen LogP contribution in [0.1, 0.15) is 0 Å². The molecule has 34 heavy (non-hydrogen) atoms. The van der Waals surface area contributed by atoms with Gasteiger partial charge in [0.15, 0.2) is 0 Å². The summed E-state index contributed by atoms with van der Waals surface area (Å²) in [7, 11) is 0. The number of aromatic nitrogens is 1. The Balaban J connectivity index is 1.42. The number of hydrogen-bond donors (Lipinski definition) is 0. The lowest BCUT2D eigenvalue weighted by molar-refractivity contribution is 1.41. The van der Waals surface area contributed by atoms with E-state index in [1.165, 1.54) is 49.0 Å². The molecule has 0 fully saturated rings. The molecule has 0 aliphatic heterocycles. The maximum atomic E-state index is 4.66. The predicted octanol–water partition coefficient (Wildman–Crippen LogP) is 9.03. The first-order valence-electron chi connectivity index (χ1n) is 11.6. The second-order valence-corrected chi connectivity index (χ2v) is 8.85. The summed E-state index contributed by atoms with van der Waals surface area (Å²) in [5.74, 6) is 0. The summed E-state index contributed by atoms with van der Waals surface area (Å²) in [5, 5.41) is 8.97. The van der Waals surface area contributed by atoms with Gasteiger partial charge < -0.3 is 0 Å². The second kappa shape index (κ2) is 7.54. The molecule has 7 rings (SSSR count). The van der Waals surface area contributed by atoms with E-state index in [2.05, 4.69) is 120 Å². The molecule has 0 atom stereocenters. The Hall–Kier alpha value is -4.49. The van der Waals surface area contributed by atoms with Gasteiger partial charge in [-0.15, -0.1) is 0 Å². The minimum Gasteiger partial charge on any atom is -0.256 e.